The molecule has 24 heavy (non-hydrogen) atoms. The maximum atomic E-state index is 12.5. The molecule has 1 unspecified atom stereocenters. The van der Waals surface area contributed by atoms with Gasteiger partial charge in [0, 0.05) is 11.4 Å². The average molecular weight is 346 g/mol. The Labute approximate surface area is 147 Å². The minimum atomic E-state index is 0.0244. The van der Waals surface area contributed by atoms with Gasteiger partial charge in [0.05, 0.1) is 17.2 Å². The van der Waals surface area contributed by atoms with Gasteiger partial charge in [0.15, 0.2) is 0 Å². The van der Waals surface area contributed by atoms with Gasteiger partial charge in [-0.05, 0) is 63.0 Å². The lowest BCUT2D eigenvalue weighted by Gasteiger charge is -2.33. The molecule has 1 atom stereocenters. The van der Waals surface area contributed by atoms with E-state index in [0.29, 0.717) is 6.54 Å². The van der Waals surface area contributed by atoms with E-state index in [1.165, 1.54) is 29.7 Å². The van der Waals surface area contributed by atoms with Crippen LogP contribution in [0.2, 0.25) is 0 Å². The predicted octanol–water partition coefficient (Wildman–Crippen LogP) is 4.17. The first kappa shape index (κ1) is 17.2. The number of amides is 1. The van der Waals surface area contributed by atoms with Crippen molar-refractivity contribution in [3.63, 3.8) is 0 Å². The SMILES string of the molecule is CCc1sc(C(=O)NCC(c2ccco2)N2CCCCC2)cc1C. The molecule has 3 rings (SSSR count). The molecule has 1 saturated heterocycles. The van der Waals surface area contributed by atoms with Crippen LogP contribution in [0.3, 0.4) is 0 Å². The van der Waals surface area contributed by atoms with Crippen molar-refractivity contribution in [2.75, 3.05) is 19.6 Å². The van der Waals surface area contributed by atoms with Crippen LogP contribution in [0.4, 0.5) is 0 Å². The number of aryl methyl sites for hydroxylation is 2. The molecule has 1 amide bonds. The number of nitrogens with one attached hydrogen (secondary N) is 1. The zero-order valence-corrected chi connectivity index (χ0v) is 15.3. The van der Waals surface area contributed by atoms with Crippen molar-refractivity contribution in [2.45, 2.75) is 45.6 Å². The summed E-state index contributed by atoms with van der Waals surface area (Å²) in [6.45, 7) is 6.93. The van der Waals surface area contributed by atoms with Crippen molar-refractivity contribution < 1.29 is 9.21 Å². The molecule has 4 nitrogen and oxygen atoms in total. The molecular formula is C19H26N2O2S. The standard InChI is InChI=1S/C19H26N2O2S/c1-3-17-14(2)12-18(24-17)19(22)20-13-15(16-8-7-11-23-16)21-9-5-4-6-10-21/h7-8,11-12,15H,3-6,9-10,13H2,1-2H3,(H,20,22). The molecule has 130 valence electrons. The first-order valence-corrected chi connectivity index (χ1v) is 9.65. The van der Waals surface area contributed by atoms with Gasteiger partial charge in [-0.3, -0.25) is 9.69 Å². The molecule has 0 saturated carbocycles. The fourth-order valence-corrected chi connectivity index (χ4v) is 4.41. The third kappa shape index (κ3) is 3.90. The second-order valence-electron chi connectivity index (χ2n) is 6.41. The van der Waals surface area contributed by atoms with Crippen molar-refractivity contribution in [3.05, 3.63) is 45.5 Å². The van der Waals surface area contributed by atoms with Crippen LogP contribution >= 0.6 is 11.3 Å². The molecule has 1 N–H and O–H groups in total. The van der Waals surface area contributed by atoms with Gasteiger partial charge < -0.3 is 9.73 Å². The lowest BCUT2D eigenvalue weighted by atomic mass is 10.1. The number of rotatable bonds is 6. The summed E-state index contributed by atoms with van der Waals surface area (Å²) < 4.78 is 5.64. The normalized spacial score (nSPS) is 16.9. The third-order valence-corrected chi connectivity index (χ3v) is 6.10. The molecule has 0 spiro atoms. The Balaban J connectivity index is 1.67. The highest BCUT2D eigenvalue weighted by molar-refractivity contribution is 7.14. The Bertz CT molecular complexity index is 657. The van der Waals surface area contributed by atoms with Crippen molar-refractivity contribution in [2.24, 2.45) is 0 Å². The second-order valence-corrected chi connectivity index (χ2v) is 7.55. The van der Waals surface area contributed by atoms with Gasteiger partial charge in [-0.2, -0.15) is 0 Å². The van der Waals surface area contributed by atoms with Crippen molar-refractivity contribution >= 4 is 17.2 Å². The van der Waals surface area contributed by atoms with Gasteiger partial charge in [0.25, 0.3) is 5.91 Å². The summed E-state index contributed by atoms with van der Waals surface area (Å²) in [5.41, 5.74) is 1.21. The largest absolute Gasteiger partial charge is 0.468 e. The zero-order valence-electron chi connectivity index (χ0n) is 14.5. The second kappa shape index (κ2) is 7.99. The van der Waals surface area contributed by atoms with Gasteiger partial charge in [-0.1, -0.05) is 13.3 Å². The smallest absolute Gasteiger partial charge is 0.261 e. The minimum absolute atomic E-state index is 0.0244. The van der Waals surface area contributed by atoms with E-state index in [-0.39, 0.29) is 11.9 Å². The number of hydrogen-bond donors (Lipinski definition) is 1. The highest BCUT2D eigenvalue weighted by Gasteiger charge is 2.25. The van der Waals surface area contributed by atoms with E-state index in [2.05, 4.69) is 24.1 Å². The molecule has 5 heteroatoms. The Kier molecular flexibility index (Phi) is 5.74. The Morgan fingerprint density at radius 2 is 2.17 bits per heavy atom. The Hall–Kier alpha value is -1.59. The highest BCUT2D eigenvalue weighted by Crippen LogP contribution is 2.25. The molecule has 1 aliphatic rings. The van der Waals surface area contributed by atoms with E-state index in [4.69, 9.17) is 4.42 Å². The average Bonchev–Trinajstić information content (AvgIpc) is 3.25. The molecule has 1 fully saturated rings. The summed E-state index contributed by atoms with van der Waals surface area (Å²) in [5, 5.41) is 3.12. The lowest BCUT2D eigenvalue weighted by molar-refractivity contribution is 0.0918. The van der Waals surface area contributed by atoms with Crippen LogP contribution in [0.25, 0.3) is 0 Å². The monoisotopic (exact) mass is 346 g/mol. The van der Waals surface area contributed by atoms with E-state index in [9.17, 15) is 4.79 Å². The molecule has 2 aromatic heterocycles. The molecule has 2 aromatic rings. The topological polar surface area (TPSA) is 45.5 Å². The van der Waals surface area contributed by atoms with Crippen LogP contribution in [0.5, 0.6) is 0 Å². The predicted molar refractivity (Wildman–Crippen MR) is 97.6 cm³/mol. The zero-order chi connectivity index (χ0) is 16.9. The number of carbonyl (C=O) groups excluding carboxylic acids is 1. The summed E-state index contributed by atoms with van der Waals surface area (Å²) >= 11 is 1.60. The summed E-state index contributed by atoms with van der Waals surface area (Å²) in [5.74, 6) is 0.963. The first-order chi connectivity index (χ1) is 11.7. The van der Waals surface area contributed by atoms with Crippen molar-refractivity contribution in [1.82, 2.24) is 10.2 Å². The van der Waals surface area contributed by atoms with Crippen LogP contribution in [0, 0.1) is 6.92 Å². The van der Waals surface area contributed by atoms with E-state index in [1.54, 1.807) is 17.6 Å². The molecule has 3 heterocycles. The van der Waals surface area contributed by atoms with Crippen LogP contribution in [0.15, 0.2) is 28.9 Å². The molecule has 1 aliphatic heterocycles. The lowest BCUT2D eigenvalue weighted by Crippen LogP contribution is -2.40. The van der Waals surface area contributed by atoms with E-state index in [0.717, 1.165) is 30.1 Å². The van der Waals surface area contributed by atoms with Gasteiger partial charge >= 0.3 is 0 Å². The number of furan rings is 1. The summed E-state index contributed by atoms with van der Waals surface area (Å²) in [7, 11) is 0. The van der Waals surface area contributed by atoms with E-state index < -0.39 is 0 Å². The molecule has 0 aliphatic carbocycles. The van der Waals surface area contributed by atoms with Gasteiger partial charge in [0.1, 0.15) is 5.76 Å². The van der Waals surface area contributed by atoms with Crippen LogP contribution in [0.1, 0.15) is 58.1 Å². The number of likely N-dealkylation sites (tertiary alicyclic amines) is 1. The van der Waals surface area contributed by atoms with Gasteiger partial charge in [-0.15, -0.1) is 11.3 Å². The molecular weight excluding hydrogens is 320 g/mol. The fraction of sp³-hybridized carbons (Fsp3) is 0.526. The Morgan fingerprint density at radius 1 is 1.38 bits per heavy atom. The highest BCUT2D eigenvalue weighted by atomic mass is 32.1. The first-order valence-electron chi connectivity index (χ1n) is 8.84. The number of nitrogens with zero attached hydrogens (tertiary/aromatic N) is 1. The van der Waals surface area contributed by atoms with Gasteiger partial charge in [-0.25, -0.2) is 0 Å². The maximum absolute atomic E-state index is 12.5. The number of carbonyl (C=O) groups is 1. The molecule has 0 radical (unpaired) electrons. The van der Waals surface area contributed by atoms with Crippen LogP contribution in [-0.2, 0) is 6.42 Å². The van der Waals surface area contributed by atoms with Crippen LogP contribution < -0.4 is 5.32 Å². The summed E-state index contributed by atoms with van der Waals surface area (Å²) in [6.07, 6.45) is 6.42. The van der Waals surface area contributed by atoms with E-state index in [1.807, 2.05) is 18.2 Å². The molecule has 0 aromatic carbocycles. The molecule has 0 bridgehead atoms. The number of thiophene rings is 1. The fourth-order valence-electron chi connectivity index (χ4n) is 3.38. The maximum Gasteiger partial charge on any atom is 0.261 e. The summed E-state index contributed by atoms with van der Waals surface area (Å²) in [6, 6.07) is 6.05. The number of hydrogen-bond acceptors (Lipinski definition) is 4. The minimum Gasteiger partial charge on any atom is -0.468 e. The van der Waals surface area contributed by atoms with E-state index >= 15 is 0 Å². The van der Waals surface area contributed by atoms with Crippen molar-refractivity contribution in [3.8, 4) is 0 Å². The third-order valence-electron chi connectivity index (χ3n) is 4.72. The Morgan fingerprint density at radius 3 is 2.79 bits per heavy atom. The van der Waals surface area contributed by atoms with Crippen LogP contribution in [-0.4, -0.2) is 30.4 Å². The quantitative estimate of drug-likeness (QED) is 0.854. The van der Waals surface area contributed by atoms with Crippen molar-refractivity contribution in [1.29, 1.82) is 0 Å². The number of piperidine rings is 1. The van der Waals surface area contributed by atoms with Gasteiger partial charge in [0.2, 0.25) is 0 Å². The summed E-state index contributed by atoms with van der Waals surface area (Å²) in [4.78, 5) is 17.1.